The predicted molar refractivity (Wildman–Crippen MR) is 74.4 cm³/mol. The summed E-state index contributed by atoms with van der Waals surface area (Å²) in [4.78, 5) is 0. The molecule has 2 N–H and O–H groups in total. The van der Waals surface area contributed by atoms with E-state index in [2.05, 4.69) is 15.5 Å². The van der Waals surface area contributed by atoms with Gasteiger partial charge in [0, 0.05) is 0 Å². The molecule has 0 fully saturated rings. The number of fused-ring (bicyclic) bond motifs is 1. The molecule has 3 rings (SSSR count). The maximum absolute atomic E-state index is 12.5. The van der Waals surface area contributed by atoms with E-state index in [4.69, 9.17) is 0 Å². The summed E-state index contributed by atoms with van der Waals surface area (Å²) in [5.74, 6) is 0.539. The van der Waals surface area contributed by atoms with Gasteiger partial charge in [0.25, 0.3) is 0 Å². The van der Waals surface area contributed by atoms with Crippen molar-refractivity contribution in [2.45, 2.75) is 31.5 Å². The Labute approximate surface area is 125 Å². The number of phenolic OH excluding ortho intramolecular Hbond substituents is 1. The number of hydrogen-bond acceptors (Lipinski definition) is 4. The third kappa shape index (κ3) is 2.84. The highest BCUT2D eigenvalue weighted by atomic mass is 19.4. The number of nitrogens with one attached hydrogen (secondary N) is 1. The Balaban J connectivity index is 1.82. The summed E-state index contributed by atoms with van der Waals surface area (Å²) in [5, 5.41) is 19.8. The summed E-state index contributed by atoms with van der Waals surface area (Å²) >= 11 is 0. The van der Waals surface area contributed by atoms with Crippen LogP contribution in [-0.2, 0) is 12.6 Å². The van der Waals surface area contributed by atoms with E-state index >= 15 is 0 Å². The quantitative estimate of drug-likeness (QED) is 0.888. The number of hydrogen-bond donors (Lipinski definition) is 2. The Hall–Kier alpha value is -2.31. The second kappa shape index (κ2) is 5.47. The van der Waals surface area contributed by atoms with Gasteiger partial charge in [0.2, 0.25) is 0 Å². The molecule has 1 atom stereocenters. The van der Waals surface area contributed by atoms with E-state index in [9.17, 15) is 18.3 Å². The van der Waals surface area contributed by atoms with Crippen molar-refractivity contribution >= 4 is 5.82 Å². The van der Waals surface area contributed by atoms with Crippen LogP contribution < -0.4 is 5.32 Å². The number of nitrogens with zero attached hydrogens (tertiary/aromatic N) is 2. The average molecular weight is 309 g/mol. The van der Waals surface area contributed by atoms with Gasteiger partial charge in [0.1, 0.15) is 11.6 Å². The van der Waals surface area contributed by atoms with Gasteiger partial charge in [-0.25, -0.2) is 0 Å². The molecule has 0 saturated carbocycles. The lowest BCUT2D eigenvalue weighted by Crippen LogP contribution is -2.18. The Morgan fingerprint density at radius 1 is 1.14 bits per heavy atom. The monoisotopic (exact) mass is 309 g/mol. The van der Waals surface area contributed by atoms with Crippen LogP contribution >= 0.6 is 0 Å². The van der Waals surface area contributed by atoms with E-state index in [1.807, 2.05) is 6.07 Å². The van der Waals surface area contributed by atoms with E-state index in [0.717, 1.165) is 36.5 Å². The largest absolute Gasteiger partial charge is 0.508 e. The first-order valence-corrected chi connectivity index (χ1v) is 6.93. The van der Waals surface area contributed by atoms with Crippen LogP contribution in [0.4, 0.5) is 19.0 Å². The molecule has 7 heteroatoms. The van der Waals surface area contributed by atoms with Crippen LogP contribution in [0.5, 0.6) is 5.75 Å². The molecular weight excluding hydrogens is 295 g/mol. The number of alkyl halides is 3. The molecule has 1 unspecified atom stereocenters. The van der Waals surface area contributed by atoms with Gasteiger partial charge in [-0.05, 0) is 48.6 Å². The van der Waals surface area contributed by atoms with Crippen molar-refractivity contribution in [3.8, 4) is 5.75 Å². The number of anilines is 1. The van der Waals surface area contributed by atoms with Gasteiger partial charge in [-0.1, -0.05) is 12.1 Å². The number of phenols is 1. The lowest BCUT2D eigenvalue weighted by molar-refractivity contribution is -0.141. The van der Waals surface area contributed by atoms with Crippen molar-refractivity contribution in [3.05, 3.63) is 47.2 Å². The third-order valence-electron chi connectivity index (χ3n) is 3.76. The zero-order chi connectivity index (χ0) is 15.7. The molecule has 1 heterocycles. The first kappa shape index (κ1) is 14.6. The summed E-state index contributed by atoms with van der Waals surface area (Å²) in [6.45, 7) is 0. The number of aromatic nitrogens is 2. The van der Waals surface area contributed by atoms with Crippen LogP contribution in [0.25, 0.3) is 0 Å². The second-order valence-electron chi connectivity index (χ2n) is 5.24. The highest BCUT2D eigenvalue weighted by Gasteiger charge is 2.33. The van der Waals surface area contributed by atoms with Crippen molar-refractivity contribution in [2.75, 3.05) is 5.32 Å². The third-order valence-corrected chi connectivity index (χ3v) is 3.76. The lowest BCUT2D eigenvalue weighted by Gasteiger charge is -2.27. The predicted octanol–water partition coefficient (Wildman–Crippen LogP) is 3.69. The van der Waals surface area contributed by atoms with Gasteiger partial charge in [0.15, 0.2) is 5.69 Å². The highest BCUT2D eigenvalue weighted by Crippen LogP contribution is 2.36. The summed E-state index contributed by atoms with van der Waals surface area (Å²) in [6.07, 6.45) is -2.00. The lowest BCUT2D eigenvalue weighted by atomic mass is 9.87. The molecular formula is C15H14F3N3O. The fourth-order valence-electron chi connectivity index (χ4n) is 2.72. The number of benzene rings is 1. The first-order chi connectivity index (χ1) is 10.4. The van der Waals surface area contributed by atoms with Crippen LogP contribution in [0.15, 0.2) is 30.3 Å². The minimum Gasteiger partial charge on any atom is -0.508 e. The van der Waals surface area contributed by atoms with Crippen LogP contribution in [0.3, 0.4) is 0 Å². The van der Waals surface area contributed by atoms with Crippen molar-refractivity contribution in [3.63, 3.8) is 0 Å². The number of rotatable bonds is 2. The smallest absolute Gasteiger partial charge is 0.435 e. The van der Waals surface area contributed by atoms with E-state index < -0.39 is 11.9 Å². The van der Waals surface area contributed by atoms with Crippen LogP contribution in [0.2, 0.25) is 0 Å². The molecule has 1 aromatic heterocycles. The van der Waals surface area contributed by atoms with Crippen molar-refractivity contribution < 1.29 is 18.3 Å². The molecule has 1 aliphatic rings. The highest BCUT2D eigenvalue weighted by molar-refractivity contribution is 5.46. The van der Waals surface area contributed by atoms with Crippen LogP contribution in [-0.4, -0.2) is 15.3 Å². The molecule has 0 bridgehead atoms. The van der Waals surface area contributed by atoms with Gasteiger partial charge in [-0.3, -0.25) is 0 Å². The summed E-state index contributed by atoms with van der Waals surface area (Å²) in [7, 11) is 0. The van der Waals surface area contributed by atoms with Crippen molar-refractivity contribution in [1.82, 2.24) is 10.2 Å². The average Bonchev–Trinajstić information content (AvgIpc) is 2.48. The minimum absolute atomic E-state index is 0.0955. The zero-order valence-electron chi connectivity index (χ0n) is 11.6. The van der Waals surface area contributed by atoms with E-state index in [1.54, 1.807) is 12.1 Å². The summed E-state index contributed by atoms with van der Waals surface area (Å²) < 4.78 is 37.4. The first-order valence-electron chi connectivity index (χ1n) is 6.93. The van der Waals surface area contributed by atoms with Gasteiger partial charge in [-0.15, -0.1) is 10.2 Å². The Morgan fingerprint density at radius 3 is 2.64 bits per heavy atom. The summed E-state index contributed by atoms with van der Waals surface area (Å²) in [5.41, 5.74) is 0.818. The van der Waals surface area contributed by atoms with Crippen molar-refractivity contribution in [1.29, 1.82) is 0 Å². The maximum Gasteiger partial charge on any atom is 0.435 e. The molecule has 0 radical (unpaired) electrons. The molecule has 0 saturated heterocycles. The topological polar surface area (TPSA) is 58.0 Å². The Kier molecular flexibility index (Phi) is 3.64. The van der Waals surface area contributed by atoms with Gasteiger partial charge < -0.3 is 10.4 Å². The Bertz CT molecular complexity index is 671. The fourth-order valence-corrected chi connectivity index (χ4v) is 2.72. The van der Waals surface area contributed by atoms with Crippen molar-refractivity contribution in [2.24, 2.45) is 0 Å². The van der Waals surface area contributed by atoms with E-state index in [0.29, 0.717) is 0 Å². The molecule has 1 aliphatic carbocycles. The molecule has 116 valence electrons. The normalized spacial score (nSPS) is 17.9. The van der Waals surface area contributed by atoms with Gasteiger partial charge in [0.05, 0.1) is 6.04 Å². The molecule has 22 heavy (non-hydrogen) atoms. The minimum atomic E-state index is -4.49. The van der Waals surface area contributed by atoms with Gasteiger partial charge in [-0.2, -0.15) is 13.2 Å². The van der Waals surface area contributed by atoms with Gasteiger partial charge >= 0.3 is 6.18 Å². The molecule has 0 amide bonds. The standard InChI is InChI=1S/C15H14F3N3O/c16-15(17,18)13-7-8-14(21-20-13)19-11-5-1-4-10-9(11)3-2-6-12(10)22/h2-3,6-8,11,22H,1,4-5H2,(H,19,21). The fraction of sp³-hybridized carbons (Fsp3) is 0.333. The Morgan fingerprint density at radius 2 is 1.95 bits per heavy atom. The molecule has 4 nitrogen and oxygen atoms in total. The number of aromatic hydroxyl groups is 1. The van der Waals surface area contributed by atoms with Crippen LogP contribution in [0.1, 0.15) is 35.7 Å². The molecule has 0 spiro atoms. The maximum atomic E-state index is 12.5. The molecule has 0 aliphatic heterocycles. The summed E-state index contributed by atoms with van der Waals surface area (Å²) in [6, 6.07) is 7.38. The second-order valence-corrected chi connectivity index (χ2v) is 5.24. The SMILES string of the molecule is Oc1cccc2c1CCCC2Nc1ccc(C(F)(F)F)nn1. The molecule has 2 aromatic rings. The number of halogens is 3. The van der Waals surface area contributed by atoms with Crippen LogP contribution in [0, 0.1) is 0 Å². The molecule has 1 aromatic carbocycles. The zero-order valence-corrected chi connectivity index (χ0v) is 11.6. The van der Waals surface area contributed by atoms with E-state index in [1.165, 1.54) is 6.07 Å². The van der Waals surface area contributed by atoms with E-state index in [-0.39, 0.29) is 17.6 Å².